The van der Waals surface area contributed by atoms with Crippen molar-refractivity contribution in [1.29, 1.82) is 0 Å². The van der Waals surface area contributed by atoms with E-state index in [1.165, 1.54) is 10.4 Å². The highest BCUT2D eigenvalue weighted by molar-refractivity contribution is 7.10. The van der Waals surface area contributed by atoms with Gasteiger partial charge in [0.15, 0.2) is 0 Å². The molecule has 0 spiro atoms. The maximum atomic E-state index is 5.86. The van der Waals surface area contributed by atoms with Crippen LogP contribution in [-0.4, -0.2) is 18.6 Å². The van der Waals surface area contributed by atoms with Gasteiger partial charge in [0.2, 0.25) is 0 Å². The molecule has 1 aromatic rings. The van der Waals surface area contributed by atoms with Crippen LogP contribution in [0.1, 0.15) is 24.3 Å². The van der Waals surface area contributed by atoms with E-state index in [2.05, 4.69) is 23.7 Å². The van der Waals surface area contributed by atoms with Gasteiger partial charge in [0.05, 0.1) is 0 Å². The van der Waals surface area contributed by atoms with Crippen molar-refractivity contribution >= 4 is 11.3 Å². The molecule has 14 heavy (non-hydrogen) atoms. The van der Waals surface area contributed by atoms with Gasteiger partial charge in [0, 0.05) is 23.5 Å². The van der Waals surface area contributed by atoms with Crippen LogP contribution in [-0.2, 0) is 6.42 Å². The molecule has 1 heterocycles. The second kappa shape index (κ2) is 4.91. The Labute approximate surface area is 90.5 Å². The number of aryl methyl sites for hydroxylation is 1. The SMILES string of the molecule is Cc1ccsc1CCNCC(C)(C)N. The first-order chi connectivity index (χ1) is 6.49. The summed E-state index contributed by atoms with van der Waals surface area (Å²) in [5.41, 5.74) is 7.16. The minimum atomic E-state index is -0.107. The van der Waals surface area contributed by atoms with Crippen LogP contribution in [0, 0.1) is 6.92 Å². The molecule has 0 radical (unpaired) electrons. The van der Waals surface area contributed by atoms with Gasteiger partial charge in [-0.15, -0.1) is 11.3 Å². The fourth-order valence-electron chi connectivity index (χ4n) is 1.27. The van der Waals surface area contributed by atoms with Gasteiger partial charge in [-0.1, -0.05) is 0 Å². The van der Waals surface area contributed by atoms with Crippen LogP contribution in [0.15, 0.2) is 11.4 Å². The summed E-state index contributed by atoms with van der Waals surface area (Å²) in [6, 6.07) is 2.17. The topological polar surface area (TPSA) is 38.0 Å². The van der Waals surface area contributed by atoms with Crippen molar-refractivity contribution in [3.8, 4) is 0 Å². The first-order valence-electron chi connectivity index (χ1n) is 5.01. The molecule has 0 aliphatic carbocycles. The van der Waals surface area contributed by atoms with Gasteiger partial charge in [0.1, 0.15) is 0 Å². The molecule has 1 rings (SSSR count). The second-order valence-electron chi connectivity index (χ2n) is 4.44. The lowest BCUT2D eigenvalue weighted by Gasteiger charge is -2.18. The molecule has 0 unspecified atom stereocenters. The van der Waals surface area contributed by atoms with Gasteiger partial charge < -0.3 is 11.1 Å². The van der Waals surface area contributed by atoms with Crippen molar-refractivity contribution in [2.75, 3.05) is 13.1 Å². The largest absolute Gasteiger partial charge is 0.324 e. The minimum Gasteiger partial charge on any atom is -0.324 e. The number of thiophene rings is 1. The molecule has 0 atom stereocenters. The van der Waals surface area contributed by atoms with Crippen molar-refractivity contribution in [2.24, 2.45) is 5.73 Å². The van der Waals surface area contributed by atoms with Crippen LogP contribution in [0.2, 0.25) is 0 Å². The Bertz CT molecular complexity index is 273. The number of hydrogen-bond donors (Lipinski definition) is 2. The fourth-order valence-corrected chi connectivity index (χ4v) is 2.18. The number of hydrogen-bond acceptors (Lipinski definition) is 3. The Morgan fingerprint density at radius 1 is 1.50 bits per heavy atom. The van der Waals surface area contributed by atoms with Crippen LogP contribution in [0.25, 0.3) is 0 Å². The average Bonchev–Trinajstić information content (AvgIpc) is 2.44. The molecule has 80 valence electrons. The predicted octanol–water partition coefficient (Wildman–Crippen LogP) is 1.93. The van der Waals surface area contributed by atoms with Crippen molar-refractivity contribution in [2.45, 2.75) is 32.7 Å². The Morgan fingerprint density at radius 2 is 2.21 bits per heavy atom. The van der Waals surface area contributed by atoms with Gasteiger partial charge in [-0.3, -0.25) is 0 Å². The molecule has 0 aliphatic rings. The highest BCUT2D eigenvalue weighted by Gasteiger charge is 2.09. The van der Waals surface area contributed by atoms with E-state index in [9.17, 15) is 0 Å². The Balaban J connectivity index is 2.20. The monoisotopic (exact) mass is 212 g/mol. The van der Waals surface area contributed by atoms with Crippen LogP contribution in [0.5, 0.6) is 0 Å². The number of nitrogens with one attached hydrogen (secondary N) is 1. The van der Waals surface area contributed by atoms with E-state index < -0.39 is 0 Å². The normalized spacial score (nSPS) is 12.0. The highest BCUT2D eigenvalue weighted by atomic mass is 32.1. The first-order valence-corrected chi connectivity index (χ1v) is 5.89. The summed E-state index contributed by atoms with van der Waals surface area (Å²) in [5, 5.41) is 5.52. The van der Waals surface area contributed by atoms with E-state index in [1.54, 1.807) is 0 Å². The zero-order valence-electron chi connectivity index (χ0n) is 9.26. The van der Waals surface area contributed by atoms with Crippen LogP contribution < -0.4 is 11.1 Å². The zero-order valence-corrected chi connectivity index (χ0v) is 10.1. The molecule has 3 heteroatoms. The molecular formula is C11H20N2S. The Kier molecular flexibility index (Phi) is 4.11. The van der Waals surface area contributed by atoms with E-state index in [1.807, 2.05) is 25.2 Å². The predicted molar refractivity (Wildman–Crippen MR) is 63.9 cm³/mol. The average molecular weight is 212 g/mol. The number of rotatable bonds is 5. The summed E-state index contributed by atoms with van der Waals surface area (Å²) in [6.45, 7) is 8.13. The smallest absolute Gasteiger partial charge is 0.0223 e. The lowest BCUT2D eigenvalue weighted by Crippen LogP contribution is -2.43. The minimum absolute atomic E-state index is 0.107. The molecule has 2 nitrogen and oxygen atoms in total. The van der Waals surface area contributed by atoms with Gasteiger partial charge in [-0.25, -0.2) is 0 Å². The third kappa shape index (κ3) is 4.22. The van der Waals surface area contributed by atoms with Gasteiger partial charge >= 0.3 is 0 Å². The zero-order chi connectivity index (χ0) is 10.6. The summed E-state index contributed by atoms with van der Waals surface area (Å²) in [4.78, 5) is 1.48. The fraction of sp³-hybridized carbons (Fsp3) is 0.636. The van der Waals surface area contributed by atoms with Crippen LogP contribution >= 0.6 is 11.3 Å². The third-order valence-electron chi connectivity index (χ3n) is 2.08. The number of nitrogens with two attached hydrogens (primary N) is 1. The lowest BCUT2D eigenvalue weighted by molar-refractivity contribution is 0.469. The van der Waals surface area contributed by atoms with E-state index in [0.717, 1.165) is 19.5 Å². The first kappa shape index (κ1) is 11.7. The summed E-state index contributed by atoms with van der Waals surface area (Å²) in [6.07, 6.45) is 1.11. The standard InChI is InChI=1S/C11H20N2S/c1-9-5-7-14-10(9)4-6-13-8-11(2,3)12/h5,7,13H,4,6,8,12H2,1-3H3. The van der Waals surface area contributed by atoms with Crippen LogP contribution in [0.4, 0.5) is 0 Å². The Hall–Kier alpha value is -0.380. The maximum Gasteiger partial charge on any atom is 0.0223 e. The van der Waals surface area contributed by atoms with Crippen molar-refractivity contribution in [3.05, 3.63) is 21.9 Å². The van der Waals surface area contributed by atoms with E-state index in [0.29, 0.717) is 0 Å². The highest BCUT2D eigenvalue weighted by Crippen LogP contribution is 2.15. The molecule has 1 aromatic heterocycles. The molecule has 0 bridgehead atoms. The summed E-state index contributed by atoms with van der Waals surface area (Å²) < 4.78 is 0. The Morgan fingerprint density at radius 3 is 2.71 bits per heavy atom. The third-order valence-corrected chi connectivity index (χ3v) is 3.16. The van der Waals surface area contributed by atoms with Crippen molar-refractivity contribution < 1.29 is 0 Å². The van der Waals surface area contributed by atoms with E-state index in [-0.39, 0.29) is 5.54 Å². The van der Waals surface area contributed by atoms with Crippen LogP contribution in [0.3, 0.4) is 0 Å². The molecule has 0 aromatic carbocycles. The summed E-state index contributed by atoms with van der Waals surface area (Å²) in [7, 11) is 0. The van der Waals surface area contributed by atoms with E-state index in [4.69, 9.17) is 5.73 Å². The molecule has 0 aliphatic heterocycles. The molecular weight excluding hydrogens is 192 g/mol. The molecule has 0 saturated heterocycles. The lowest BCUT2D eigenvalue weighted by atomic mass is 10.1. The van der Waals surface area contributed by atoms with Gasteiger partial charge in [-0.05, 0) is 44.2 Å². The maximum absolute atomic E-state index is 5.86. The molecule has 0 amide bonds. The van der Waals surface area contributed by atoms with Crippen molar-refractivity contribution in [3.63, 3.8) is 0 Å². The van der Waals surface area contributed by atoms with Gasteiger partial charge in [-0.2, -0.15) is 0 Å². The van der Waals surface area contributed by atoms with E-state index >= 15 is 0 Å². The molecule has 0 fully saturated rings. The quantitative estimate of drug-likeness (QED) is 0.732. The summed E-state index contributed by atoms with van der Waals surface area (Å²) in [5.74, 6) is 0. The second-order valence-corrected chi connectivity index (χ2v) is 5.44. The molecule has 3 N–H and O–H groups in total. The van der Waals surface area contributed by atoms with Crippen molar-refractivity contribution in [1.82, 2.24) is 5.32 Å². The molecule has 0 saturated carbocycles. The summed E-state index contributed by atoms with van der Waals surface area (Å²) >= 11 is 1.84. The van der Waals surface area contributed by atoms with Gasteiger partial charge in [0.25, 0.3) is 0 Å².